The normalized spacial score (nSPS) is 25.6. The highest BCUT2D eigenvalue weighted by atomic mass is 35.5. The lowest BCUT2D eigenvalue weighted by molar-refractivity contribution is 0.0614. The van der Waals surface area contributed by atoms with Crippen molar-refractivity contribution in [1.29, 1.82) is 0 Å². The van der Waals surface area contributed by atoms with Gasteiger partial charge >= 0.3 is 0 Å². The lowest BCUT2D eigenvalue weighted by Gasteiger charge is -2.45. The first-order valence-corrected chi connectivity index (χ1v) is 6.99. The predicted octanol–water partition coefficient (Wildman–Crippen LogP) is 1.96. The number of hydrogen-bond donors (Lipinski definition) is 1. The van der Waals surface area contributed by atoms with Crippen LogP contribution in [0.25, 0.3) is 0 Å². The molecule has 18 heavy (non-hydrogen) atoms. The van der Waals surface area contributed by atoms with E-state index in [0.29, 0.717) is 0 Å². The Bertz CT molecular complexity index is 429. The van der Waals surface area contributed by atoms with Crippen molar-refractivity contribution in [2.24, 2.45) is 7.05 Å². The van der Waals surface area contributed by atoms with E-state index in [0.717, 1.165) is 49.0 Å². The van der Waals surface area contributed by atoms with Gasteiger partial charge in [-0.2, -0.15) is 5.10 Å². The zero-order valence-electron chi connectivity index (χ0n) is 11.8. The van der Waals surface area contributed by atoms with Crippen LogP contribution in [0.3, 0.4) is 0 Å². The fourth-order valence-electron chi connectivity index (χ4n) is 2.60. The zero-order chi connectivity index (χ0) is 13.3. The Kier molecular flexibility index (Phi) is 3.99. The molecule has 0 aliphatic carbocycles. The quantitative estimate of drug-likeness (QED) is 0.912. The van der Waals surface area contributed by atoms with Gasteiger partial charge in [0.15, 0.2) is 0 Å². The molecule has 1 saturated heterocycles. The lowest BCUT2D eigenvalue weighted by atomic mass is 9.94. The molecule has 1 fully saturated rings. The maximum atomic E-state index is 6.34. The Balaban J connectivity index is 2.21. The largest absolute Gasteiger partial charge is 0.314 e. The van der Waals surface area contributed by atoms with Gasteiger partial charge in [0.05, 0.1) is 16.4 Å². The number of aromatic nitrogens is 2. The Morgan fingerprint density at radius 2 is 2.22 bits per heavy atom. The van der Waals surface area contributed by atoms with Crippen LogP contribution in [0.2, 0.25) is 5.02 Å². The summed E-state index contributed by atoms with van der Waals surface area (Å²) in [5, 5.41) is 8.69. The van der Waals surface area contributed by atoms with E-state index < -0.39 is 0 Å². The van der Waals surface area contributed by atoms with Gasteiger partial charge in [0.1, 0.15) is 0 Å². The first kappa shape index (κ1) is 13.8. The minimum Gasteiger partial charge on any atom is -0.314 e. The molecule has 0 radical (unpaired) electrons. The van der Waals surface area contributed by atoms with E-state index in [9.17, 15) is 0 Å². The lowest BCUT2D eigenvalue weighted by Crippen LogP contribution is -2.58. The maximum Gasteiger partial charge on any atom is 0.0860 e. The summed E-state index contributed by atoms with van der Waals surface area (Å²) in [5.74, 6) is 0. The standard InChI is InChI=1S/C13H23ClN4/c1-5-13(3)9-15-6-7-18(13)8-11-12(14)10(2)16-17(11)4/h15H,5-9H2,1-4H3. The molecule has 0 saturated carbocycles. The maximum absolute atomic E-state index is 6.34. The van der Waals surface area contributed by atoms with Crippen molar-refractivity contribution in [3.8, 4) is 0 Å². The smallest absolute Gasteiger partial charge is 0.0860 e. The van der Waals surface area contributed by atoms with E-state index in [-0.39, 0.29) is 5.54 Å². The molecule has 1 unspecified atom stereocenters. The Hall–Kier alpha value is -0.580. The Labute approximate surface area is 114 Å². The van der Waals surface area contributed by atoms with Crippen molar-refractivity contribution < 1.29 is 0 Å². The monoisotopic (exact) mass is 270 g/mol. The van der Waals surface area contributed by atoms with Crippen LogP contribution in [-0.4, -0.2) is 39.9 Å². The Morgan fingerprint density at radius 1 is 1.50 bits per heavy atom. The molecule has 2 heterocycles. The highest BCUT2D eigenvalue weighted by Crippen LogP contribution is 2.27. The van der Waals surface area contributed by atoms with Crippen LogP contribution in [-0.2, 0) is 13.6 Å². The average Bonchev–Trinajstić information content (AvgIpc) is 2.59. The van der Waals surface area contributed by atoms with Gasteiger partial charge in [-0.1, -0.05) is 18.5 Å². The zero-order valence-corrected chi connectivity index (χ0v) is 12.5. The van der Waals surface area contributed by atoms with E-state index in [4.69, 9.17) is 11.6 Å². The molecule has 102 valence electrons. The number of rotatable bonds is 3. The number of piperazine rings is 1. The summed E-state index contributed by atoms with van der Waals surface area (Å²) >= 11 is 6.34. The molecule has 1 aromatic heterocycles. The summed E-state index contributed by atoms with van der Waals surface area (Å²) < 4.78 is 1.91. The number of halogens is 1. The molecular weight excluding hydrogens is 248 g/mol. The van der Waals surface area contributed by atoms with Gasteiger partial charge < -0.3 is 5.32 Å². The van der Waals surface area contributed by atoms with Crippen LogP contribution in [0.15, 0.2) is 0 Å². The van der Waals surface area contributed by atoms with Crippen molar-refractivity contribution >= 4 is 11.6 Å². The Morgan fingerprint density at radius 3 is 2.78 bits per heavy atom. The number of aryl methyl sites for hydroxylation is 2. The molecule has 1 aromatic rings. The van der Waals surface area contributed by atoms with Gasteiger partial charge in [0.2, 0.25) is 0 Å². The van der Waals surface area contributed by atoms with Crippen molar-refractivity contribution in [1.82, 2.24) is 20.0 Å². The highest BCUT2D eigenvalue weighted by molar-refractivity contribution is 6.31. The molecule has 0 amide bonds. The second kappa shape index (κ2) is 5.19. The summed E-state index contributed by atoms with van der Waals surface area (Å²) in [4.78, 5) is 2.52. The molecule has 1 N–H and O–H groups in total. The third-order valence-corrected chi connectivity index (χ3v) is 4.68. The van der Waals surface area contributed by atoms with E-state index in [1.54, 1.807) is 0 Å². The van der Waals surface area contributed by atoms with Gasteiger partial charge in [0.25, 0.3) is 0 Å². The molecule has 5 heteroatoms. The van der Waals surface area contributed by atoms with E-state index in [1.807, 2.05) is 18.7 Å². The highest BCUT2D eigenvalue weighted by Gasteiger charge is 2.33. The van der Waals surface area contributed by atoms with Crippen LogP contribution in [0.5, 0.6) is 0 Å². The second-order valence-corrected chi connectivity index (χ2v) is 5.80. The van der Waals surface area contributed by atoms with Crippen LogP contribution in [0.1, 0.15) is 31.7 Å². The van der Waals surface area contributed by atoms with Gasteiger partial charge in [-0.3, -0.25) is 9.58 Å². The minimum absolute atomic E-state index is 0.208. The molecule has 0 bridgehead atoms. The van der Waals surface area contributed by atoms with Crippen LogP contribution in [0, 0.1) is 6.92 Å². The van der Waals surface area contributed by atoms with Crippen molar-refractivity contribution in [3.05, 3.63) is 16.4 Å². The molecule has 0 spiro atoms. The molecule has 1 atom stereocenters. The summed E-state index contributed by atoms with van der Waals surface area (Å²) in [6, 6.07) is 0. The fraction of sp³-hybridized carbons (Fsp3) is 0.769. The molecule has 0 aromatic carbocycles. The number of hydrogen-bond acceptors (Lipinski definition) is 3. The van der Waals surface area contributed by atoms with Gasteiger partial charge in [-0.25, -0.2) is 0 Å². The molecule has 4 nitrogen and oxygen atoms in total. The van der Waals surface area contributed by atoms with E-state index in [1.165, 1.54) is 0 Å². The molecular formula is C13H23ClN4. The van der Waals surface area contributed by atoms with Crippen molar-refractivity contribution in [2.75, 3.05) is 19.6 Å². The fourth-order valence-corrected chi connectivity index (χ4v) is 2.82. The topological polar surface area (TPSA) is 33.1 Å². The third kappa shape index (κ3) is 2.42. The second-order valence-electron chi connectivity index (χ2n) is 5.42. The van der Waals surface area contributed by atoms with Crippen LogP contribution >= 0.6 is 11.6 Å². The van der Waals surface area contributed by atoms with E-state index in [2.05, 4.69) is 29.2 Å². The first-order chi connectivity index (χ1) is 8.48. The van der Waals surface area contributed by atoms with Gasteiger partial charge in [-0.05, 0) is 20.3 Å². The molecule has 1 aliphatic rings. The van der Waals surface area contributed by atoms with Gasteiger partial charge in [-0.15, -0.1) is 0 Å². The summed E-state index contributed by atoms with van der Waals surface area (Å²) in [6.45, 7) is 10.5. The predicted molar refractivity (Wildman–Crippen MR) is 74.9 cm³/mol. The van der Waals surface area contributed by atoms with Gasteiger partial charge in [0, 0.05) is 38.8 Å². The average molecular weight is 271 g/mol. The SMILES string of the molecule is CCC1(C)CNCCN1Cc1c(Cl)c(C)nn1C. The number of nitrogens with zero attached hydrogens (tertiary/aromatic N) is 3. The molecule has 2 rings (SSSR count). The van der Waals surface area contributed by atoms with E-state index >= 15 is 0 Å². The van der Waals surface area contributed by atoms with Crippen molar-refractivity contribution in [2.45, 2.75) is 39.3 Å². The molecule has 1 aliphatic heterocycles. The first-order valence-electron chi connectivity index (χ1n) is 6.61. The number of nitrogens with one attached hydrogen (secondary N) is 1. The van der Waals surface area contributed by atoms with Crippen LogP contribution in [0.4, 0.5) is 0 Å². The summed E-state index contributed by atoms with van der Waals surface area (Å²) in [5.41, 5.74) is 2.25. The summed E-state index contributed by atoms with van der Waals surface area (Å²) in [6.07, 6.45) is 1.13. The van der Waals surface area contributed by atoms with Crippen molar-refractivity contribution in [3.63, 3.8) is 0 Å². The van der Waals surface area contributed by atoms with Crippen LogP contribution < -0.4 is 5.32 Å². The summed E-state index contributed by atoms with van der Waals surface area (Å²) in [7, 11) is 1.97. The minimum atomic E-state index is 0.208. The third-order valence-electron chi connectivity index (χ3n) is 4.19.